The highest BCUT2D eigenvalue weighted by Crippen LogP contribution is 2.24. The van der Waals surface area contributed by atoms with Crippen LogP contribution in [0.25, 0.3) is 0 Å². The van der Waals surface area contributed by atoms with Crippen LogP contribution in [0.3, 0.4) is 0 Å². The molecular weight excluding hydrogens is 214 g/mol. The minimum atomic E-state index is -0.528. The molecule has 1 aromatic carbocycles. The maximum Gasteiger partial charge on any atom is 0.121 e. The van der Waals surface area contributed by atoms with Gasteiger partial charge in [-0.15, -0.1) is 6.58 Å². The number of hydrogen-bond donors (Lipinski definition) is 2. The molecule has 2 N–H and O–H groups in total. The smallest absolute Gasteiger partial charge is 0.121 e. The minimum Gasteiger partial charge on any atom is -0.496 e. The molecule has 0 amide bonds. The first kappa shape index (κ1) is 13.7. The van der Waals surface area contributed by atoms with Crippen molar-refractivity contribution in [1.29, 1.82) is 0 Å². The Labute approximate surface area is 103 Å². The van der Waals surface area contributed by atoms with Gasteiger partial charge in [0.25, 0.3) is 0 Å². The van der Waals surface area contributed by atoms with Crippen LogP contribution >= 0.6 is 0 Å². The topological polar surface area (TPSA) is 41.5 Å². The minimum absolute atomic E-state index is 0.0132. The van der Waals surface area contributed by atoms with Gasteiger partial charge in [-0.3, -0.25) is 0 Å². The van der Waals surface area contributed by atoms with E-state index in [1.807, 2.05) is 32.0 Å². The summed E-state index contributed by atoms with van der Waals surface area (Å²) in [5, 5.41) is 13.3. The van der Waals surface area contributed by atoms with Crippen LogP contribution in [-0.4, -0.2) is 24.8 Å². The molecule has 0 fully saturated rings. The van der Waals surface area contributed by atoms with Crippen LogP contribution in [0.15, 0.2) is 30.9 Å². The molecule has 0 heterocycles. The molecule has 3 nitrogen and oxygen atoms in total. The third kappa shape index (κ3) is 3.58. The number of aliphatic hydroxyl groups is 1. The van der Waals surface area contributed by atoms with Gasteiger partial charge < -0.3 is 15.2 Å². The van der Waals surface area contributed by atoms with Crippen molar-refractivity contribution in [2.75, 3.05) is 13.7 Å². The molecule has 1 rings (SSSR count). The van der Waals surface area contributed by atoms with Crippen LogP contribution in [0.5, 0.6) is 5.75 Å². The molecule has 1 aromatic rings. The van der Waals surface area contributed by atoms with E-state index in [9.17, 15) is 5.11 Å². The Morgan fingerprint density at radius 3 is 2.76 bits per heavy atom. The molecule has 0 radical (unpaired) electrons. The van der Waals surface area contributed by atoms with Crippen molar-refractivity contribution in [1.82, 2.24) is 5.32 Å². The highest BCUT2D eigenvalue weighted by atomic mass is 16.5. The Kier molecular flexibility index (Phi) is 5.19. The lowest BCUT2D eigenvalue weighted by atomic mass is 10.0. The van der Waals surface area contributed by atoms with E-state index in [1.54, 1.807) is 13.2 Å². The second kappa shape index (κ2) is 6.42. The van der Waals surface area contributed by atoms with E-state index in [-0.39, 0.29) is 6.04 Å². The highest BCUT2D eigenvalue weighted by molar-refractivity contribution is 5.37. The van der Waals surface area contributed by atoms with Crippen LogP contribution < -0.4 is 10.1 Å². The maximum atomic E-state index is 10.2. The van der Waals surface area contributed by atoms with Crippen LogP contribution in [0.4, 0.5) is 0 Å². The summed E-state index contributed by atoms with van der Waals surface area (Å²) in [6.45, 7) is 8.25. The van der Waals surface area contributed by atoms with E-state index in [1.165, 1.54) is 0 Å². The Morgan fingerprint density at radius 1 is 1.53 bits per heavy atom. The van der Waals surface area contributed by atoms with Crippen molar-refractivity contribution < 1.29 is 9.84 Å². The zero-order chi connectivity index (χ0) is 12.8. The Hall–Kier alpha value is -1.32. The van der Waals surface area contributed by atoms with E-state index in [4.69, 9.17) is 4.74 Å². The number of rotatable bonds is 6. The van der Waals surface area contributed by atoms with Gasteiger partial charge in [-0.2, -0.15) is 0 Å². The molecule has 2 atom stereocenters. The molecule has 0 spiro atoms. The number of benzene rings is 1. The van der Waals surface area contributed by atoms with E-state index in [0.29, 0.717) is 6.54 Å². The quantitative estimate of drug-likeness (QED) is 0.743. The summed E-state index contributed by atoms with van der Waals surface area (Å²) in [5.41, 5.74) is 1.92. The van der Waals surface area contributed by atoms with E-state index < -0.39 is 6.10 Å². The van der Waals surface area contributed by atoms with Gasteiger partial charge in [-0.25, -0.2) is 0 Å². The summed E-state index contributed by atoms with van der Waals surface area (Å²) in [6.07, 6.45) is 1.25. The van der Waals surface area contributed by atoms with Gasteiger partial charge >= 0.3 is 0 Å². The lowest BCUT2D eigenvalue weighted by Crippen LogP contribution is -2.32. The average Bonchev–Trinajstić information content (AvgIpc) is 2.34. The Morgan fingerprint density at radius 2 is 2.24 bits per heavy atom. The molecule has 0 aliphatic heterocycles. The number of aliphatic hydroxyl groups excluding tert-OH is 1. The van der Waals surface area contributed by atoms with Crippen LogP contribution in [0.2, 0.25) is 0 Å². The number of hydrogen-bond acceptors (Lipinski definition) is 3. The summed E-state index contributed by atoms with van der Waals surface area (Å²) in [7, 11) is 1.65. The monoisotopic (exact) mass is 235 g/mol. The van der Waals surface area contributed by atoms with Crippen molar-refractivity contribution >= 4 is 0 Å². The van der Waals surface area contributed by atoms with Crippen molar-refractivity contribution in [3.63, 3.8) is 0 Å². The van der Waals surface area contributed by atoms with E-state index >= 15 is 0 Å². The largest absolute Gasteiger partial charge is 0.496 e. The molecule has 94 valence electrons. The normalized spacial score (nSPS) is 14.1. The lowest BCUT2D eigenvalue weighted by molar-refractivity contribution is 0.138. The first-order valence-electron chi connectivity index (χ1n) is 5.77. The fourth-order valence-electron chi connectivity index (χ4n) is 1.76. The van der Waals surface area contributed by atoms with Gasteiger partial charge in [0.1, 0.15) is 5.75 Å². The van der Waals surface area contributed by atoms with Crippen LogP contribution in [0, 0.1) is 6.92 Å². The van der Waals surface area contributed by atoms with Gasteiger partial charge in [0.05, 0.1) is 13.2 Å². The molecule has 0 saturated heterocycles. The predicted octanol–water partition coefficient (Wildman–Crippen LogP) is 2.20. The second-order valence-electron chi connectivity index (χ2n) is 4.16. The molecule has 0 saturated carbocycles. The van der Waals surface area contributed by atoms with Crippen LogP contribution in [-0.2, 0) is 0 Å². The fraction of sp³-hybridized carbons (Fsp3) is 0.429. The third-order valence-corrected chi connectivity index (χ3v) is 2.82. The molecule has 17 heavy (non-hydrogen) atoms. The number of ether oxygens (including phenoxy) is 1. The molecule has 0 aliphatic rings. The SMILES string of the molecule is C=CCNC(C)C(O)c1ccc(OC)c(C)c1. The molecule has 0 aromatic heterocycles. The van der Waals surface area contributed by atoms with Crippen LogP contribution in [0.1, 0.15) is 24.2 Å². The molecular formula is C14H21NO2. The summed E-state index contributed by atoms with van der Waals surface area (Å²) in [6, 6.07) is 5.72. The van der Waals surface area contributed by atoms with E-state index in [0.717, 1.165) is 16.9 Å². The Bertz CT molecular complexity index is 376. The summed E-state index contributed by atoms with van der Waals surface area (Å²) < 4.78 is 5.19. The first-order chi connectivity index (χ1) is 8.10. The van der Waals surface area contributed by atoms with E-state index in [2.05, 4.69) is 11.9 Å². The van der Waals surface area contributed by atoms with Crippen molar-refractivity contribution in [3.8, 4) is 5.75 Å². The van der Waals surface area contributed by atoms with Gasteiger partial charge in [0.15, 0.2) is 0 Å². The summed E-state index contributed by atoms with van der Waals surface area (Å²) in [5.74, 6) is 0.840. The molecule has 3 heteroatoms. The Balaban J connectivity index is 2.78. The van der Waals surface area contributed by atoms with Gasteiger partial charge in [-0.05, 0) is 37.1 Å². The fourth-order valence-corrected chi connectivity index (χ4v) is 1.76. The van der Waals surface area contributed by atoms with Gasteiger partial charge in [-0.1, -0.05) is 12.1 Å². The zero-order valence-corrected chi connectivity index (χ0v) is 10.7. The molecule has 0 aliphatic carbocycles. The number of aryl methyl sites for hydroxylation is 1. The first-order valence-corrected chi connectivity index (χ1v) is 5.77. The third-order valence-electron chi connectivity index (χ3n) is 2.82. The number of methoxy groups -OCH3 is 1. The van der Waals surface area contributed by atoms with Gasteiger partial charge in [0.2, 0.25) is 0 Å². The highest BCUT2D eigenvalue weighted by Gasteiger charge is 2.16. The van der Waals surface area contributed by atoms with Crippen molar-refractivity contribution in [2.45, 2.75) is 26.0 Å². The lowest BCUT2D eigenvalue weighted by Gasteiger charge is -2.20. The maximum absolute atomic E-state index is 10.2. The summed E-state index contributed by atoms with van der Waals surface area (Å²) >= 11 is 0. The standard InChI is InChI=1S/C14H21NO2/c1-5-8-15-11(3)14(16)12-6-7-13(17-4)10(2)9-12/h5-7,9,11,14-16H,1,8H2,2-4H3. The molecule has 2 unspecified atom stereocenters. The second-order valence-corrected chi connectivity index (χ2v) is 4.16. The zero-order valence-electron chi connectivity index (χ0n) is 10.7. The van der Waals surface area contributed by atoms with Crippen molar-refractivity contribution in [2.24, 2.45) is 0 Å². The molecule has 0 bridgehead atoms. The number of nitrogens with one attached hydrogen (secondary N) is 1. The average molecular weight is 235 g/mol. The predicted molar refractivity (Wildman–Crippen MR) is 70.4 cm³/mol. The summed E-state index contributed by atoms with van der Waals surface area (Å²) in [4.78, 5) is 0. The van der Waals surface area contributed by atoms with Gasteiger partial charge in [0, 0.05) is 12.6 Å². The van der Waals surface area contributed by atoms with Crippen molar-refractivity contribution in [3.05, 3.63) is 42.0 Å².